The number of methoxy groups -OCH3 is 1. The number of hydrogen-bond donors (Lipinski definition) is 1. The first-order valence-corrected chi connectivity index (χ1v) is 7.31. The third-order valence-corrected chi connectivity index (χ3v) is 3.85. The van der Waals surface area contributed by atoms with Crippen LogP contribution in [0, 0.1) is 0 Å². The molecule has 0 unspecified atom stereocenters. The van der Waals surface area contributed by atoms with Crippen LogP contribution in [0.4, 0.5) is 0 Å². The van der Waals surface area contributed by atoms with Crippen LogP contribution in [0.3, 0.4) is 0 Å². The predicted octanol–water partition coefficient (Wildman–Crippen LogP) is 3.88. The minimum Gasteiger partial charge on any atom is -0.497 e. The van der Waals surface area contributed by atoms with Gasteiger partial charge in [-0.05, 0) is 23.8 Å². The second-order valence-electron chi connectivity index (χ2n) is 5.22. The van der Waals surface area contributed by atoms with E-state index < -0.39 is 0 Å². The van der Waals surface area contributed by atoms with E-state index in [2.05, 4.69) is 22.4 Å². The Morgan fingerprint density at radius 3 is 2.65 bits per heavy atom. The van der Waals surface area contributed by atoms with E-state index in [9.17, 15) is 0 Å². The van der Waals surface area contributed by atoms with Crippen LogP contribution in [-0.4, -0.2) is 26.0 Å². The van der Waals surface area contributed by atoms with Crippen molar-refractivity contribution in [2.24, 2.45) is 4.99 Å². The highest BCUT2D eigenvalue weighted by Crippen LogP contribution is 2.32. The second-order valence-corrected chi connectivity index (χ2v) is 5.22. The van der Waals surface area contributed by atoms with Crippen molar-refractivity contribution in [2.45, 2.75) is 0 Å². The molecular formula is C18H17ClN2O2. The maximum atomic E-state index is 6.07. The highest BCUT2D eigenvalue weighted by atomic mass is 35.5. The molecule has 4 rings (SSSR count). The Morgan fingerprint density at radius 1 is 1.13 bits per heavy atom. The minimum absolute atomic E-state index is 0. The highest BCUT2D eigenvalue weighted by Gasteiger charge is 2.15. The van der Waals surface area contributed by atoms with Crippen molar-refractivity contribution in [3.05, 3.63) is 54.3 Å². The summed E-state index contributed by atoms with van der Waals surface area (Å²) in [6, 6.07) is 16.2. The number of fused-ring (bicyclic) bond motifs is 1. The Hall–Kier alpha value is -2.46. The number of aliphatic imine (C=N–C) groups is 1. The quantitative estimate of drug-likeness (QED) is 0.793. The minimum atomic E-state index is 0. The summed E-state index contributed by atoms with van der Waals surface area (Å²) in [5.74, 6) is 2.49. The molecule has 1 N–H and O–H groups in total. The van der Waals surface area contributed by atoms with Crippen LogP contribution in [0.15, 0.2) is 57.9 Å². The molecule has 1 aromatic heterocycles. The van der Waals surface area contributed by atoms with Gasteiger partial charge in [0, 0.05) is 17.5 Å². The molecule has 0 fully saturated rings. The first kappa shape index (κ1) is 15.4. The van der Waals surface area contributed by atoms with Crippen molar-refractivity contribution >= 4 is 29.2 Å². The van der Waals surface area contributed by atoms with Gasteiger partial charge in [0.2, 0.25) is 0 Å². The van der Waals surface area contributed by atoms with Crippen LogP contribution in [-0.2, 0) is 0 Å². The Balaban J connectivity index is 0.00000156. The van der Waals surface area contributed by atoms with E-state index in [1.165, 1.54) is 0 Å². The number of benzene rings is 2. The van der Waals surface area contributed by atoms with Gasteiger partial charge in [-0.1, -0.05) is 30.3 Å². The first-order chi connectivity index (χ1) is 10.8. The predicted molar refractivity (Wildman–Crippen MR) is 94.9 cm³/mol. The molecule has 0 spiro atoms. The maximum absolute atomic E-state index is 6.07. The fraction of sp³-hybridized carbons (Fsp3) is 0.167. The standard InChI is InChI=1S/C18H16N2O2.ClH/c1-21-14-7-5-12(6-8-14)15-4-2-3-13-11-16(22-17(13)15)18-19-9-10-20-18;/h2-8,11H,9-10H2,1H3,(H,19,20);1H. The van der Waals surface area contributed by atoms with E-state index in [1.807, 2.05) is 36.4 Å². The number of ether oxygens (including phenoxy) is 1. The molecule has 2 heterocycles. The number of rotatable bonds is 3. The average Bonchev–Trinajstić information content (AvgIpc) is 3.23. The molecular weight excluding hydrogens is 312 g/mol. The van der Waals surface area contributed by atoms with Gasteiger partial charge in [-0.25, -0.2) is 0 Å². The zero-order valence-electron chi connectivity index (χ0n) is 12.7. The van der Waals surface area contributed by atoms with Crippen LogP contribution < -0.4 is 10.1 Å². The lowest BCUT2D eigenvalue weighted by atomic mass is 10.0. The van der Waals surface area contributed by atoms with Gasteiger partial charge in [-0.2, -0.15) is 0 Å². The molecule has 1 aliphatic heterocycles. The first-order valence-electron chi connectivity index (χ1n) is 7.31. The van der Waals surface area contributed by atoms with Crippen molar-refractivity contribution in [2.75, 3.05) is 20.2 Å². The number of hydrogen-bond acceptors (Lipinski definition) is 4. The van der Waals surface area contributed by atoms with E-state index in [4.69, 9.17) is 9.15 Å². The molecule has 118 valence electrons. The topological polar surface area (TPSA) is 46.8 Å². The third-order valence-electron chi connectivity index (χ3n) is 3.85. The third kappa shape index (κ3) is 2.78. The van der Waals surface area contributed by atoms with Crippen molar-refractivity contribution in [1.29, 1.82) is 0 Å². The monoisotopic (exact) mass is 328 g/mol. The van der Waals surface area contributed by atoms with Crippen LogP contribution >= 0.6 is 12.4 Å². The van der Waals surface area contributed by atoms with Crippen LogP contribution in [0.1, 0.15) is 5.76 Å². The molecule has 0 bridgehead atoms. The van der Waals surface area contributed by atoms with E-state index in [1.54, 1.807) is 7.11 Å². The Morgan fingerprint density at radius 2 is 1.96 bits per heavy atom. The van der Waals surface area contributed by atoms with Crippen LogP contribution in [0.2, 0.25) is 0 Å². The fourth-order valence-electron chi connectivity index (χ4n) is 2.74. The average molecular weight is 329 g/mol. The molecule has 0 aliphatic carbocycles. The van der Waals surface area contributed by atoms with Gasteiger partial charge < -0.3 is 14.5 Å². The summed E-state index contributed by atoms with van der Waals surface area (Å²) < 4.78 is 11.3. The highest BCUT2D eigenvalue weighted by molar-refractivity contribution is 6.03. The zero-order valence-corrected chi connectivity index (χ0v) is 13.5. The number of furan rings is 1. The summed E-state index contributed by atoms with van der Waals surface area (Å²) in [6.45, 7) is 1.68. The normalized spacial score (nSPS) is 13.3. The number of nitrogens with one attached hydrogen (secondary N) is 1. The van der Waals surface area contributed by atoms with E-state index >= 15 is 0 Å². The second kappa shape index (κ2) is 6.34. The summed E-state index contributed by atoms with van der Waals surface area (Å²) in [4.78, 5) is 4.42. The molecule has 0 saturated carbocycles. The summed E-state index contributed by atoms with van der Waals surface area (Å²) >= 11 is 0. The van der Waals surface area contributed by atoms with Crippen LogP contribution in [0.25, 0.3) is 22.1 Å². The SMILES string of the molecule is COc1ccc(-c2cccc3cc(C4=NCCN4)oc23)cc1.Cl. The lowest BCUT2D eigenvalue weighted by Gasteiger charge is -2.04. The van der Waals surface area contributed by atoms with E-state index in [0.29, 0.717) is 0 Å². The van der Waals surface area contributed by atoms with Crippen LogP contribution in [0.5, 0.6) is 5.75 Å². The number of para-hydroxylation sites is 1. The summed E-state index contributed by atoms with van der Waals surface area (Å²) in [6.07, 6.45) is 0. The molecule has 0 amide bonds. The molecule has 0 saturated heterocycles. The fourth-order valence-corrected chi connectivity index (χ4v) is 2.74. The largest absolute Gasteiger partial charge is 0.497 e. The molecule has 4 nitrogen and oxygen atoms in total. The van der Waals surface area contributed by atoms with Gasteiger partial charge in [0.15, 0.2) is 11.6 Å². The van der Waals surface area contributed by atoms with Gasteiger partial charge in [-0.15, -0.1) is 12.4 Å². The Labute approximate surface area is 140 Å². The Kier molecular flexibility index (Phi) is 4.26. The van der Waals surface area contributed by atoms with E-state index in [-0.39, 0.29) is 12.4 Å². The number of amidine groups is 1. The molecule has 23 heavy (non-hydrogen) atoms. The van der Waals surface area contributed by atoms with Gasteiger partial charge in [0.25, 0.3) is 0 Å². The molecule has 0 atom stereocenters. The molecule has 5 heteroatoms. The summed E-state index contributed by atoms with van der Waals surface area (Å²) in [5, 5.41) is 4.33. The molecule has 3 aromatic rings. The van der Waals surface area contributed by atoms with Gasteiger partial charge in [0.1, 0.15) is 11.3 Å². The maximum Gasteiger partial charge on any atom is 0.170 e. The molecule has 0 radical (unpaired) electrons. The smallest absolute Gasteiger partial charge is 0.170 e. The van der Waals surface area contributed by atoms with Crippen molar-refractivity contribution in [3.8, 4) is 16.9 Å². The number of nitrogens with zero attached hydrogens (tertiary/aromatic N) is 1. The van der Waals surface area contributed by atoms with Crippen molar-refractivity contribution < 1.29 is 9.15 Å². The molecule has 1 aliphatic rings. The van der Waals surface area contributed by atoms with Crippen molar-refractivity contribution in [3.63, 3.8) is 0 Å². The van der Waals surface area contributed by atoms with Crippen molar-refractivity contribution in [1.82, 2.24) is 5.32 Å². The number of halogens is 1. The van der Waals surface area contributed by atoms with Gasteiger partial charge >= 0.3 is 0 Å². The lowest BCUT2D eigenvalue weighted by molar-refractivity contribution is 0.415. The molecule has 2 aromatic carbocycles. The van der Waals surface area contributed by atoms with Gasteiger partial charge in [-0.3, -0.25) is 4.99 Å². The van der Waals surface area contributed by atoms with Gasteiger partial charge in [0.05, 0.1) is 13.7 Å². The zero-order chi connectivity index (χ0) is 14.9. The van der Waals surface area contributed by atoms with E-state index in [0.717, 1.165) is 52.5 Å². The Bertz CT molecular complexity index is 853. The lowest BCUT2D eigenvalue weighted by Crippen LogP contribution is -2.18. The summed E-state index contributed by atoms with van der Waals surface area (Å²) in [5.41, 5.74) is 3.07. The summed E-state index contributed by atoms with van der Waals surface area (Å²) in [7, 11) is 1.67.